The zero-order chi connectivity index (χ0) is 13.5. The summed E-state index contributed by atoms with van der Waals surface area (Å²) in [6.07, 6.45) is 0. The number of rotatable bonds is 1. The van der Waals surface area contributed by atoms with Crippen molar-refractivity contribution in [2.45, 2.75) is 19.4 Å². The van der Waals surface area contributed by atoms with Crippen LogP contribution in [-0.4, -0.2) is 35.3 Å². The number of aromatic nitrogens is 2. The van der Waals surface area contributed by atoms with Gasteiger partial charge in [-0.2, -0.15) is 4.98 Å². The predicted octanol–water partition coefficient (Wildman–Crippen LogP) is 1.83. The van der Waals surface area contributed by atoms with Gasteiger partial charge in [0.2, 0.25) is 5.95 Å². The van der Waals surface area contributed by atoms with Gasteiger partial charge in [0.15, 0.2) is 0 Å². The number of anilines is 2. The molecule has 2 aromatic rings. The molecule has 100 valence electrons. The van der Waals surface area contributed by atoms with Gasteiger partial charge >= 0.3 is 0 Å². The van der Waals surface area contributed by atoms with Crippen LogP contribution < -0.4 is 10.6 Å². The van der Waals surface area contributed by atoms with Crippen LogP contribution in [0.1, 0.15) is 13.8 Å². The molecule has 0 saturated carbocycles. The summed E-state index contributed by atoms with van der Waals surface area (Å²) in [4.78, 5) is 10.9. The largest absolute Gasteiger partial charge is 0.372 e. The molecule has 5 heteroatoms. The Balaban J connectivity index is 2.09. The third-order valence-electron chi connectivity index (χ3n) is 3.33. The molecule has 0 radical (unpaired) electrons. The Kier molecular flexibility index (Phi) is 2.78. The summed E-state index contributed by atoms with van der Waals surface area (Å²) in [6, 6.07) is 7.95. The van der Waals surface area contributed by atoms with Gasteiger partial charge in [-0.25, -0.2) is 4.98 Å². The number of nitrogen functional groups attached to an aromatic ring is 1. The molecule has 3 rings (SSSR count). The lowest BCUT2D eigenvalue weighted by molar-refractivity contribution is -0.0278. The Morgan fingerprint density at radius 1 is 1.26 bits per heavy atom. The van der Waals surface area contributed by atoms with E-state index in [1.54, 1.807) is 0 Å². The van der Waals surface area contributed by atoms with E-state index >= 15 is 0 Å². The third kappa shape index (κ3) is 2.33. The van der Waals surface area contributed by atoms with Crippen LogP contribution >= 0.6 is 0 Å². The minimum atomic E-state index is -0.168. The van der Waals surface area contributed by atoms with Crippen molar-refractivity contribution in [1.29, 1.82) is 0 Å². The molecule has 0 bridgehead atoms. The highest BCUT2D eigenvalue weighted by molar-refractivity contribution is 5.90. The van der Waals surface area contributed by atoms with Gasteiger partial charge in [-0.1, -0.05) is 12.1 Å². The van der Waals surface area contributed by atoms with E-state index in [4.69, 9.17) is 10.5 Å². The SMILES string of the molecule is CC1(C)CN(c2nc(N)nc3ccccc23)CCO1. The molecule has 1 aromatic carbocycles. The maximum absolute atomic E-state index is 5.82. The van der Waals surface area contributed by atoms with Crippen LogP contribution in [0, 0.1) is 0 Å². The quantitative estimate of drug-likeness (QED) is 0.845. The van der Waals surface area contributed by atoms with Gasteiger partial charge in [-0.05, 0) is 26.0 Å². The number of fused-ring (bicyclic) bond motifs is 1. The van der Waals surface area contributed by atoms with Crippen LogP contribution in [0.15, 0.2) is 24.3 Å². The van der Waals surface area contributed by atoms with Crippen molar-refractivity contribution in [2.75, 3.05) is 30.3 Å². The second-order valence-electron chi connectivity index (χ2n) is 5.45. The summed E-state index contributed by atoms with van der Waals surface area (Å²) < 4.78 is 5.74. The minimum Gasteiger partial charge on any atom is -0.372 e. The Labute approximate surface area is 112 Å². The van der Waals surface area contributed by atoms with Crippen LogP contribution in [-0.2, 0) is 4.74 Å². The second-order valence-corrected chi connectivity index (χ2v) is 5.45. The zero-order valence-electron chi connectivity index (χ0n) is 11.3. The molecule has 19 heavy (non-hydrogen) atoms. The van der Waals surface area contributed by atoms with Crippen molar-refractivity contribution in [3.63, 3.8) is 0 Å². The molecule has 1 aromatic heterocycles. The molecule has 2 heterocycles. The van der Waals surface area contributed by atoms with Gasteiger partial charge in [0, 0.05) is 18.5 Å². The average Bonchev–Trinajstić information content (AvgIpc) is 2.36. The fraction of sp³-hybridized carbons (Fsp3) is 0.429. The van der Waals surface area contributed by atoms with Crippen molar-refractivity contribution >= 4 is 22.7 Å². The summed E-state index contributed by atoms with van der Waals surface area (Å²) in [5, 5.41) is 1.04. The zero-order valence-corrected chi connectivity index (χ0v) is 11.3. The van der Waals surface area contributed by atoms with Crippen LogP contribution in [0.2, 0.25) is 0 Å². The monoisotopic (exact) mass is 258 g/mol. The standard InChI is InChI=1S/C14H18N4O/c1-14(2)9-18(7-8-19-14)12-10-5-3-4-6-11(10)16-13(15)17-12/h3-6H,7-9H2,1-2H3,(H2,15,16,17). The molecule has 1 saturated heterocycles. The minimum absolute atomic E-state index is 0.168. The summed E-state index contributed by atoms with van der Waals surface area (Å²) in [7, 11) is 0. The van der Waals surface area contributed by atoms with Crippen molar-refractivity contribution in [2.24, 2.45) is 0 Å². The highest BCUT2D eigenvalue weighted by atomic mass is 16.5. The third-order valence-corrected chi connectivity index (χ3v) is 3.33. The van der Waals surface area contributed by atoms with E-state index < -0.39 is 0 Å². The van der Waals surface area contributed by atoms with Crippen molar-refractivity contribution in [3.05, 3.63) is 24.3 Å². The van der Waals surface area contributed by atoms with E-state index in [0.717, 1.165) is 29.8 Å². The Hall–Kier alpha value is -1.88. The second kappa shape index (κ2) is 4.35. The van der Waals surface area contributed by atoms with Crippen molar-refractivity contribution in [1.82, 2.24) is 9.97 Å². The van der Waals surface area contributed by atoms with Crippen LogP contribution in [0.3, 0.4) is 0 Å². The molecule has 0 aliphatic carbocycles. The van der Waals surface area contributed by atoms with Gasteiger partial charge < -0.3 is 15.4 Å². The van der Waals surface area contributed by atoms with Crippen LogP contribution in [0.5, 0.6) is 0 Å². The van der Waals surface area contributed by atoms with Gasteiger partial charge in [0.05, 0.1) is 17.7 Å². The maximum Gasteiger partial charge on any atom is 0.222 e. The fourth-order valence-corrected chi connectivity index (χ4v) is 2.52. The number of benzene rings is 1. The van der Waals surface area contributed by atoms with E-state index in [1.807, 2.05) is 24.3 Å². The first-order valence-corrected chi connectivity index (χ1v) is 6.46. The van der Waals surface area contributed by atoms with Crippen molar-refractivity contribution in [3.8, 4) is 0 Å². The molecule has 5 nitrogen and oxygen atoms in total. The first-order chi connectivity index (χ1) is 9.05. The van der Waals surface area contributed by atoms with Crippen molar-refractivity contribution < 1.29 is 4.74 Å². The van der Waals surface area contributed by atoms with Crippen LogP contribution in [0.4, 0.5) is 11.8 Å². The normalized spacial score (nSPS) is 18.7. The molecule has 1 aliphatic rings. The van der Waals surface area contributed by atoms with E-state index in [-0.39, 0.29) is 5.60 Å². The number of hydrogen-bond donors (Lipinski definition) is 1. The van der Waals surface area contributed by atoms with Crippen LogP contribution in [0.25, 0.3) is 10.9 Å². The van der Waals surface area contributed by atoms with E-state index in [2.05, 4.69) is 28.7 Å². The topological polar surface area (TPSA) is 64.3 Å². The van der Waals surface area contributed by atoms with Gasteiger partial charge in [0.25, 0.3) is 0 Å². The Morgan fingerprint density at radius 3 is 2.84 bits per heavy atom. The summed E-state index contributed by atoms with van der Waals surface area (Å²) in [5.41, 5.74) is 6.53. The number of hydrogen-bond acceptors (Lipinski definition) is 5. The molecule has 0 atom stereocenters. The molecule has 1 fully saturated rings. The number of nitrogens with zero attached hydrogens (tertiary/aromatic N) is 3. The molecule has 0 amide bonds. The molecular formula is C14H18N4O. The van der Waals surface area contributed by atoms with E-state index in [1.165, 1.54) is 0 Å². The smallest absolute Gasteiger partial charge is 0.222 e. The highest BCUT2D eigenvalue weighted by Gasteiger charge is 2.29. The Morgan fingerprint density at radius 2 is 2.05 bits per heavy atom. The number of ether oxygens (including phenoxy) is 1. The fourth-order valence-electron chi connectivity index (χ4n) is 2.52. The number of morpholine rings is 1. The molecule has 0 spiro atoms. The van der Waals surface area contributed by atoms with Gasteiger partial charge in [-0.15, -0.1) is 0 Å². The highest BCUT2D eigenvalue weighted by Crippen LogP contribution is 2.28. The lowest BCUT2D eigenvalue weighted by atomic mass is 10.1. The molecule has 1 aliphatic heterocycles. The van der Waals surface area contributed by atoms with E-state index in [0.29, 0.717) is 12.6 Å². The average molecular weight is 258 g/mol. The number of para-hydroxylation sites is 1. The van der Waals surface area contributed by atoms with Gasteiger partial charge in [-0.3, -0.25) is 0 Å². The number of nitrogens with two attached hydrogens (primary N) is 1. The lowest BCUT2D eigenvalue weighted by Gasteiger charge is -2.39. The molecule has 2 N–H and O–H groups in total. The lowest BCUT2D eigenvalue weighted by Crippen LogP contribution is -2.48. The summed E-state index contributed by atoms with van der Waals surface area (Å²) in [5.74, 6) is 1.22. The molecule has 0 unspecified atom stereocenters. The summed E-state index contributed by atoms with van der Waals surface area (Å²) >= 11 is 0. The first-order valence-electron chi connectivity index (χ1n) is 6.46. The van der Waals surface area contributed by atoms with Gasteiger partial charge in [0.1, 0.15) is 5.82 Å². The molecular weight excluding hydrogens is 240 g/mol. The maximum atomic E-state index is 5.82. The van der Waals surface area contributed by atoms with E-state index in [9.17, 15) is 0 Å². The first kappa shape index (κ1) is 12.2. The predicted molar refractivity (Wildman–Crippen MR) is 76.2 cm³/mol. The summed E-state index contributed by atoms with van der Waals surface area (Å²) in [6.45, 7) is 6.50. The Bertz CT molecular complexity index is 611.